The van der Waals surface area contributed by atoms with Crippen LogP contribution >= 0.6 is 0 Å². The zero-order valence-electron chi connectivity index (χ0n) is 47.4. The van der Waals surface area contributed by atoms with Crippen LogP contribution in [0.15, 0.2) is 211 Å². The second-order valence-electron chi connectivity index (χ2n) is 26.2. The van der Waals surface area contributed by atoms with Crippen molar-refractivity contribution in [3.05, 3.63) is 251 Å². The molecule has 2 aliphatic carbocycles. The van der Waals surface area contributed by atoms with Crippen LogP contribution in [0.3, 0.4) is 0 Å². The quantitative estimate of drug-likeness (QED) is 0.165. The van der Waals surface area contributed by atoms with Crippen molar-refractivity contribution in [2.24, 2.45) is 0 Å². The highest BCUT2D eigenvalue weighted by Crippen LogP contribution is 2.65. The van der Waals surface area contributed by atoms with Crippen molar-refractivity contribution in [1.29, 1.82) is 0 Å². The standard InChI is InChI=1S/C75H70N2O/c1-71(2,3)47-28-36-51(37-29-47)76(52-38-30-48(31-39-52)72(4,5)6)64-45-44-59-67-57(64)23-19-26-62(67)75(60-24-16-13-20-55(60)56-21-14-17-25-61(56)75)63-46-65(70-69(68(59)63)58-22-15-18-27-66(58)78-70)77(53-40-32-49(33-41-53)73(7,8)9)54-42-34-50(35-43-54)74(10,11)12/h13-46H,1-12H3. The average Bonchev–Trinajstić information content (AvgIpc) is 3.45. The van der Waals surface area contributed by atoms with Gasteiger partial charge < -0.3 is 14.2 Å². The van der Waals surface area contributed by atoms with Crippen molar-refractivity contribution in [2.45, 2.75) is 110 Å². The molecule has 78 heavy (non-hydrogen) atoms. The number of fused-ring (bicyclic) bond motifs is 13. The Morgan fingerprint density at radius 3 is 1.18 bits per heavy atom. The molecule has 1 spiro atoms. The van der Waals surface area contributed by atoms with Crippen molar-refractivity contribution in [1.82, 2.24) is 0 Å². The van der Waals surface area contributed by atoms with Gasteiger partial charge in [0.1, 0.15) is 5.58 Å². The van der Waals surface area contributed by atoms with Gasteiger partial charge in [-0.15, -0.1) is 0 Å². The van der Waals surface area contributed by atoms with Crippen molar-refractivity contribution < 1.29 is 4.42 Å². The zero-order valence-corrected chi connectivity index (χ0v) is 47.4. The Morgan fingerprint density at radius 1 is 0.321 bits per heavy atom. The Bertz CT molecular complexity index is 3980. The van der Waals surface area contributed by atoms with E-state index in [1.54, 1.807) is 0 Å². The average molecular weight is 1020 g/mol. The Hall–Kier alpha value is -8.14. The molecular formula is C75H70N2O. The molecule has 10 aromatic carbocycles. The summed E-state index contributed by atoms with van der Waals surface area (Å²) in [6, 6.07) is 78.5. The van der Waals surface area contributed by atoms with E-state index in [9.17, 15) is 0 Å². The molecule has 0 atom stereocenters. The number of hydrogen-bond acceptors (Lipinski definition) is 3. The summed E-state index contributed by atoms with van der Waals surface area (Å²) in [6.07, 6.45) is 0. The second kappa shape index (κ2) is 17.4. The summed E-state index contributed by atoms with van der Waals surface area (Å²) < 4.78 is 7.40. The highest BCUT2D eigenvalue weighted by Gasteiger charge is 2.51. The Kier molecular flexibility index (Phi) is 11.0. The molecule has 0 N–H and O–H groups in total. The Morgan fingerprint density at radius 2 is 0.718 bits per heavy atom. The lowest BCUT2D eigenvalue weighted by Crippen LogP contribution is -2.32. The van der Waals surface area contributed by atoms with E-state index in [2.05, 4.69) is 299 Å². The summed E-state index contributed by atoms with van der Waals surface area (Å²) in [5.41, 5.74) is 22.8. The van der Waals surface area contributed by atoms with Crippen LogP contribution in [-0.2, 0) is 27.1 Å². The topological polar surface area (TPSA) is 19.6 Å². The monoisotopic (exact) mass is 1010 g/mol. The molecule has 0 unspecified atom stereocenters. The largest absolute Gasteiger partial charge is 0.454 e. The summed E-state index contributed by atoms with van der Waals surface area (Å²) in [6.45, 7) is 27.5. The third kappa shape index (κ3) is 7.59. The predicted octanol–water partition coefficient (Wildman–Crippen LogP) is 21.2. The van der Waals surface area contributed by atoms with Crippen LogP contribution in [-0.4, -0.2) is 0 Å². The number of anilines is 6. The van der Waals surface area contributed by atoms with Crippen molar-refractivity contribution in [2.75, 3.05) is 9.80 Å². The van der Waals surface area contributed by atoms with Crippen molar-refractivity contribution in [3.63, 3.8) is 0 Å². The first-order chi connectivity index (χ1) is 37.2. The van der Waals surface area contributed by atoms with Crippen LogP contribution in [0.4, 0.5) is 34.1 Å². The van der Waals surface area contributed by atoms with E-state index in [4.69, 9.17) is 4.42 Å². The summed E-state index contributed by atoms with van der Waals surface area (Å²) in [5.74, 6) is 0. The van der Waals surface area contributed by atoms with E-state index < -0.39 is 5.41 Å². The molecule has 0 radical (unpaired) electrons. The summed E-state index contributed by atoms with van der Waals surface area (Å²) in [7, 11) is 0. The molecule has 0 fully saturated rings. The van der Waals surface area contributed by atoms with Crippen molar-refractivity contribution >= 4 is 66.8 Å². The lowest BCUT2D eigenvalue weighted by atomic mass is 9.60. The maximum absolute atomic E-state index is 7.40. The van der Waals surface area contributed by atoms with Gasteiger partial charge in [0.2, 0.25) is 0 Å². The van der Waals surface area contributed by atoms with Gasteiger partial charge in [-0.1, -0.05) is 223 Å². The van der Waals surface area contributed by atoms with E-state index in [0.717, 1.165) is 56.1 Å². The Balaban J connectivity index is 1.17. The zero-order chi connectivity index (χ0) is 54.3. The molecule has 0 aliphatic heterocycles. The summed E-state index contributed by atoms with van der Waals surface area (Å²) in [5, 5.41) is 4.67. The van der Waals surface area contributed by atoms with Gasteiger partial charge in [-0.2, -0.15) is 0 Å². The smallest absolute Gasteiger partial charge is 0.160 e. The van der Waals surface area contributed by atoms with Crippen LogP contribution < -0.4 is 9.80 Å². The maximum Gasteiger partial charge on any atom is 0.160 e. The molecule has 11 aromatic rings. The summed E-state index contributed by atoms with van der Waals surface area (Å²) in [4.78, 5) is 4.94. The molecule has 0 saturated carbocycles. The molecule has 13 rings (SSSR count). The molecule has 1 aromatic heterocycles. The number of para-hydroxylation sites is 1. The van der Waals surface area contributed by atoms with Crippen LogP contribution in [0.5, 0.6) is 0 Å². The van der Waals surface area contributed by atoms with E-state index in [-0.39, 0.29) is 21.7 Å². The van der Waals surface area contributed by atoms with Gasteiger partial charge >= 0.3 is 0 Å². The lowest BCUT2D eigenvalue weighted by molar-refractivity contribution is 0.590. The molecular weight excluding hydrogens is 945 g/mol. The minimum Gasteiger partial charge on any atom is -0.454 e. The molecule has 1 heterocycles. The van der Waals surface area contributed by atoms with Gasteiger partial charge in [0.25, 0.3) is 0 Å². The summed E-state index contributed by atoms with van der Waals surface area (Å²) >= 11 is 0. The fourth-order valence-electron chi connectivity index (χ4n) is 13.0. The second-order valence-corrected chi connectivity index (χ2v) is 26.2. The minimum absolute atomic E-state index is 0.00967. The first-order valence-corrected chi connectivity index (χ1v) is 28.0. The third-order valence-electron chi connectivity index (χ3n) is 17.1. The van der Waals surface area contributed by atoms with Gasteiger partial charge in [-0.3, -0.25) is 0 Å². The van der Waals surface area contributed by atoms with Gasteiger partial charge in [-0.05, 0) is 161 Å². The normalized spacial score (nSPS) is 13.7. The number of nitrogens with zero attached hydrogens (tertiary/aromatic N) is 2. The van der Waals surface area contributed by atoms with Crippen LogP contribution in [0.2, 0.25) is 0 Å². The molecule has 0 bridgehead atoms. The Labute approximate surface area is 461 Å². The SMILES string of the molecule is CC(C)(C)c1ccc(N(c2ccc(C(C)(C)C)cc2)c2ccc3c4c(cccc24)C2(c4ccccc4-c4ccccc42)c2cc(N(c4ccc(C(C)(C)C)cc4)c4ccc(C(C)(C)C)cc4)c4oc5ccccc5c4c2-3)cc1. The molecule has 0 saturated heterocycles. The van der Waals surface area contributed by atoms with E-state index >= 15 is 0 Å². The van der Waals surface area contributed by atoms with Crippen LogP contribution in [0.1, 0.15) is 128 Å². The number of benzene rings is 10. The van der Waals surface area contributed by atoms with Gasteiger partial charge in [0, 0.05) is 38.9 Å². The van der Waals surface area contributed by atoms with E-state index in [0.29, 0.717) is 0 Å². The first-order valence-electron chi connectivity index (χ1n) is 28.0. The van der Waals surface area contributed by atoms with Crippen LogP contribution in [0, 0.1) is 0 Å². The van der Waals surface area contributed by atoms with E-state index in [1.807, 2.05) is 0 Å². The number of hydrogen-bond donors (Lipinski definition) is 0. The van der Waals surface area contributed by atoms with Crippen LogP contribution in [0.25, 0.3) is 55.0 Å². The third-order valence-corrected chi connectivity index (χ3v) is 17.1. The minimum atomic E-state index is -0.722. The molecule has 3 heteroatoms. The predicted molar refractivity (Wildman–Crippen MR) is 332 cm³/mol. The highest BCUT2D eigenvalue weighted by atomic mass is 16.3. The lowest BCUT2D eigenvalue weighted by Gasteiger charge is -2.41. The van der Waals surface area contributed by atoms with Gasteiger partial charge in [0.15, 0.2) is 5.58 Å². The molecule has 2 aliphatic rings. The fourth-order valence-corrected chi connectivity index (χ4v) is 13.0. The maximum atomic E-state index is 7.40. The van der Waals surface area contributed by atoms with Crippen molar-refractivity contribution in [3.8, 4) is 22.3 Å². The van der Waals surface area contributed by atoms with E-state index in [1.165, 1.54) is 77.5 Å². The molecule has 386 valence electrons. The first kappa shape index (κ1) is 49.4. The molecule has 3 nitrogen and oxygen atoms in total. The number of furan rings is 1. The molecule has 0 amide bonds. The van der Waals surface area contributed by atoms with Gasteiger partial charge in [0.05, 0.1) is 16.8 Å². The number of rotatable bonds is 6. The van der Waals surface area contributed by atoms with Gasteiger partial charge in [-0.25, -0.2) is 0 Å². The fraction of sp³-hybridized carbons (Fsp3) is 0.227. The highest BCUT2D eigenvalue weighted by molar-refractivity contribution is 6.23.